The molecule has 0 bridgehead atoms. The van der Waals surface area contributed by atoms with Crippen LogP contribution in [0.4, 0.5) is 0 Å². The van der Waals surface area contributed by atoms with E-state index in [0.29, 0.717) is 6.10 Å². The molecule has 0 aromatic carbocycles. The molecule has 1 heterocycles. The molecule has 0 amide bonds. The Labute approximate surface area is 99.9 Å². The molecular formula is C13H27NO2. The lowest BCUT2D eigenvalue weighted by Gasteiger charge is -2.19. The van der Waals surface area contributed by atoms with E-state index in [1.54, 1.807) is 7.11 Å². The molecule has 0 saturated carbocycles. The van der Waals surface area contributed by atoms with E-state index in [1.807, 2.05) is 0 Å². The molecule has 1 rings (SSSR count). The molecule has 0 radical (unpaired) electrons. The minimum absolute atomic E-state index is 0.102. The van der Waals surface area contributed by atoms with E-state index in [-0.39, 0.29) is 5.60 Å². The summed E-state index contributed by atoms with van der Waals surface area (Å²) in [6.45, 7) is 7.35. The van der Waals surface area contributed by atoms with Crippen molar-refractivity contribution in [2.24, 2.45) is 0 Å². The minimum atomic E-state index is 0.102. The van der Waals surface area contributed by atoms with Gasteiger partial charge in [-0.2, -0.15) is 0 Å². The molecule has 1 atom stereocenters. The van der Waals surface area contributed by atoms with Crippen LogP contribution in [0.3, 0.4) is 0 Å². The Kier molecular flexibility index (Phi) is 6.32. The summed E-state index contributed by atoms with van der Waals surface area (Å²) in [5.41, 5.74) is 0.102. The maximum atomic E-state index is 5.91. The molecule has 96 valence electrons. The highest BCUT2D eigenvalue weighted by molar-refractivity contribution is 4.81. The number of methoxy groups -OCH3 is 1. The third kappa shape index (κ3) is 5.83. The molecule has 3 heteroatoms. The highest BCUT2D eigenvalue weighted by atomic mass is 16.5. The first-order chi connectivity index (χ1) is 7.64. The predicted molar refractivity (Wildman–Crippen MR) is 66.8 cm³/mol. The van der Waals surface area contributed by atoms with E-state index in [9.17, 15) is 0 Å². The highest BCUT2D eigenvalue weighted by Crippen LogP contribution is 2.28. The van der Waals surface area contributed by atoms with Crippen molar-refractivity contribution in [1.82, 2.24) is 5.32 Å². The first-order valence-corrected chi connectivity index (χ1v) is 6.51. The van der Waals surface area contributed by atoms with Gasteiger partial charge in [0, 0.05) is 20.3 Å². The van der Waals surface area contributed by atoms with Gasteiger partial charge in [-0.25, -0.2) is 0 Å². The van der Waals surface area contributed by atoms with Crippen molar-refractivity contribution in [3.8, 4) is 0 Å². The lowest BCUT2D eigenvalue weighted by Crippen LogP contribution is -2.29. The van der Waals surface area contributed by atoms with Gasteiger partial charge in [-0.05, 0) is 52.5 Å². The first kappa shape index (κ1) is 13.9. The van der Waals surface area contributed by atoms with Gasteiger partial charge in [-0.1, -0.05) is 0 Å². The SMILES string of the molecule is COCCCCCNCC1CCC(C)(C)O1. The van der Waals surface area contributed by atoms with Crippen LogP contribution < -0.4 is 5.32 Å². The second kappa shape index (κ2) is 7.25. The van der Waals surface area contributed by atoms with Crippen molar-refractivity contribution in [1.29, 1.82) is 0 Å². The van der Waals surface area contributed by atoms with Crippen LogP contribution in [-0.2, 0) is 9.47 Å². The maximum absolute atomic E-state index is 5.91. The van der Waals surface area contributed by atoms with Crippen LogP contribution in [0.15, 0.2) is 0 Å². The zero-order valence-corrected chi connectivity index (χ0v) is 11.1. The average Bonchev–Trinajstić information content (AvgIpc) is 2.57. The van der Waals surface area contributed by atoms with Gasteiger partial charge in [0.05, 0.1) is 11.7 Å². The number of ether oxygens (including phenoxy) is 2. The van der Waals surface area contributed by atoms with E-state index in [1.165, 1.54) is 32.1 Å². The van der Waals surface area contributed by atoms with Gasteiger partial charge in [0.1, 0.15) is 0 Å². The van der Waals surface area contributed by atoms with Gasteiger partial charge < -0.3 is 14.8 Å². The Hall–Kier alpha value is -0.120. The molecule has 1 saturated heterocycles. The van der Waals surface area contributed by atoms with Crippen molar-refractivity contribution in [3.63, 3.8) is 0 Å². The summed E-state index contributed by atoms with van der Waals surface area (Å²) in [6.07, 6.45) is 6.47. The summed E-state index contributed by atoms with van der Waals surface area (Å²) >= 11 is 0. The third-order valence-electron chi connectivity index (χ3n) is 3.13. The molecule has 1 unspecified atom stereocenters. The van der Waals surface area contributed by atoms with Crippen molar-refractivity contribution >= 4 is 0 Å². The van der Waals surface area contributed by atoms with E-state index < -0.39 is 0 Å². The van der Waals surface area contributed by atoms with Crippen LogP contribution in [0.1, 0.15) is 46.0 Å². The van der Waals surface area contributed by atoms with Crippen LogP contribution in [0.5, 0.6) is 0 Å². The molecule has 0 aromatic rings. The fourth-order valence-corrected chi connectivity index (χ4v) is 2.16. The lowest BCUT2D eigenvalue weighted by atomic mass is 10.1. The second-order valence-electron chi connectivity index (χ2n) is 5.30. The van der Waals surface area contributed by atoms with Crippen LogP contribution in [0, 0.1) is 0 Å². The largest absolute Gasteiger partial charge is 0.385 e. The molecule has 1 N–H and O–H groups in total. The summed E-state index contributed by atoms with van der Waals surface area (Å²) in [4.78, 5) is 0. The van der Waals surface area contributed by atoms with Gasteiger partial charge in [-0.15, -0.1) is 0 Å². The molecule has 1 fully saturated rings. The molecule has 16 heavy (non-hydrogen) atoms. The molecule has 0 aromatic heterocycles. The Balaban J connectivity index is 1.88. The summed E-state index contributed by atoms with van der Waals surface area (Å²) in [7, 11) is 1.76. The zero-order valence-electron chi connectivity index (χ0n) is 11.1. The highest BCUT2D eigenvalue weighted by Gasteiger charge is 2.30. The molecule has 3 nitrogen and oxygen atoms in total. The standard InChI is InChI=1S/C13H27NO2/c1-13(2)8-7-12(16-13)11-14-9-5-4-6-10-15-3/h12,14H,4-11H2,1-3H3. The number of hydrogen-bond donors (Lipinski definition) is 1. The summed E-state index contributed by atoms with van der Waals surface area (Å²) in [6, 6.07) is 0. The van der Waals surface area contributed by atoms with Crippen LogP contribution >= 0.6 is 0 Å². The minimum Gasteiger partial charge on any atom is -0.385 e. The van der Waals surface area contributed by atoms with E-state index >= 15 is 0 Å². The van der Waals surface area contributed by atoms with Crippen LogP contribution in [0.2, 0.25) is 0 Å². The number of rotatable bonds is 8. The smallest absolute Gasteiger partial charge is 0.0707 e. The summed E-state index contributed by atoms with van der Waals surface area (Å²) in [5.74, 6) is 0. The lowest BCUT2D eigenvalue weighted by molar-refractivity contribution is -0.0141. The summed E-state index contributed by atoms with van der Waals surface area (Å²) in [5, 5.41) is 3.48. The van der Waals surface area contributed by atoms with Crippen molar-refractivity contribution in [3.05, 3.63) is 0 Å². The fraction of sp³-hybridized carbons (Fsp3) is 1.00. The van der Waals surface area contributed by atoms with Crippen LogP contribution in [-0.4, -0.2) is 38.5 Å². The van der Waals surface area contributed by atoms with Crippen LogP contribution in [0.25, 0.3) is 0 Å². The van der Waals surface area contributed by atoms with Crippen molar-refractivity contribution < 1.29 is 9.47 Å². The Bertz CT molecular complexity index is 183. The summed E-state index contributed by atoms with van der Waals surface area (Å²) < 4.78 is 10.9. The van der Waals surface area contributed by atoms with E-state index in [2.05, 4.69) is 19.2 Å². The number of unbranched alkanes of at least 4 members (excludes halogenated alkanes) is 2. The van der Waals surface area contributed by atoms with Crippen molar-refractivity contribution in [2.75, 3.05) is 26.8 Å². The van der Waals surface area contributed by atoms with Gasteiger partial charge in [-0.3, -0.25) is 0 Å². The molecular weight excluding hydrogens is 202 g/mol. The third-order valence-corrected chi connectivity index (χ3v) is 3.13. The topological polar surface area (TPSA) is 30.5 Å². The first-order valence-electron chi connectivity index (χ1n) is 6.51. The van der Waals surface area contributed by atoms with E-state index in [4.69, 9.17) is 9.47 Å². The van der Waals surface area contributed by atoms with Gasteiger partial charge in [0.25, 0.3) is 0 Å². The quantitative estimate of drug-likeness (QED) is 0.648. The zero-order chi connectivity index (χ0) is 11.9. The molecule has 0 spiro atoms. The molecule has 0 aliphatic carbocycles. The van der Waals surface area contributed by atoms with Gasteiger partial charge in [0.2, 0.25) is 0 Å². The number of hydrogen-bond acceptors (Lipinski definition) is 3. The monoisotopic (exact) mass is 229 g/mol. The van der Waals surface area contributed by atoms with Gasteiger partial charge in [0.15, 0.2) is 0 Å². The normalized spacial score (nSPS) is 23.8. The number of nitrogens with one attached hydrogen (secondary N) is 1. The molecule has 1 aliphatic rings. The van der Waals surface area contributed by atoms with Crippen molar-refractivity contribution in [2.45, 2.75) is 57.7 Å². The second-order valence-corrected chi connectivity index (χ2v) is 5.30. The maximum Gasteiger partial charge on any atom is 0.0707 e. The molecule has 1 aliphatic heterocycles. The Morgan fingerprint density at radius 2 is 2.12 bits per heavy atom. The Morgan fingerprint density at radius 1 is 1.31 bits per heavy atom. The predicted octanol–water partition coefficient (Wildman–Crippen LogP) is 2.35. The fourth-order valence-electron chi connectivity index (χ4n) is 2.16. The van der Waals surface area contributed by atoms with E-state index in [0.717, 1.165) is 19.7 Å². The Morgan fingerprint density at radius 3 is 2.75 bits per heavy atom. The van der Waals surface area contributed by atoms with Gasteiger partial charge >= 0.3 is 0 Å². The average molecular weight is 229 g/mol.